The van der Waals surface area contributed by atoms with Gasteiger partial charge >= 0.3 is 0 Å². The summed E-state index contributed by atoms with van der Waals surface area (Å²) in [5.41, 5.74) is 2.08. The summed E-state index contributed by atoms with van der Waals surface area (Å²) in [6.07, 6.45) is 4.50. The zero-order valence-electron chi connectivity index (χ0n) is 14.1. The second kappa shape index (κ2) is 6.33. The van der Waals surface area contributed by atoms with Gasteiger partial charge in [0, 0.05) is 33.1 Å². The summed E-state index contributed by atoms with van der Waals surface area (Å²) in [7, 11) is 3.74. The van der Waals surface area contributed by atoms with Gasteiger partial charge in [-0.15, -0.1) is 0 Å². The van der Waals surface area contributed by atoms with Crippen LogP contribution >= 0.6 is 0 Å². The molecule has 2 atom stereocenters. The molecule has 0 aromatic heterocycles. The van der Waals surface area contributed by atoms with E-state index in [1.54, 1.807) is 4.90 Å². The van der Waals surface area contributed by atoms with E-state index in [0.717, 1.165) is 38.0 Å². The largest absolute Gasteiger partial charge is 0.349 e. The molecule has 0 bridgehead atoms. The van der Waals surface area contributed by atoms with Gasteiger partial charge in [0.2, 0.25) is 5.91 Å². The number of benzene rings is 1. The quantitative estimate of drug-likeness (QED) is 0.862. The van der Waals surface area contributed by atoms with E-state index in [9.17, 15) is 4.79 Å². The Labute approximate surface area is 138 Å². The van der Waals surface area contributed by atoms with E-state index in [1.165, 1.54) is 18.4 Å². The van der Waals surface area contributed by atoms with Crippen LogP contribution in [0.25, 0.3) is 0 Å². The third kappa shape index (κ3) is 3.11. The predicted molar refractivity (Wildman–Crippen MR) is 89.5 cm³/mol. The number of rotatable bonds is 3. The molecule has 0 radical (unpaired) electrons. The molecule has 122 valence electrons. The lowest BCUT2D eigenvalue weighted by molar-refractivity contribution is -0.136. The maximum atomic E-state index is 12.5. The van der Waals surface area contributed by atoms with Crippen LogP contribution in [0.15, 0.2) is 24.3 Å². The van der Waals surface area contributed by atoms with Crippen LogP contribution in [-0.2, 0) is 11.3 Å². The Balaban J connectivity index is 1.70. The Morgan fingerprint density at radius 1 is 1.43 bits per heavy atom. The number of nitrogens with zero attached hydrogens (tertiary/aromatic N) is 3. The zero-order chi connectivity index (χ0) is 16.4. The first-order chi connectivity index (χ1) is 11.0. The van der Waals surface area contributed by atoms with Crippen LogP contribution in [0.2, 0.25) is 0 Å². The number of carbonyl (C=O) groups is 1. The SMILES string of the molecule is CN(C)C(=O)[C@@H]1CCC[C@]12CCN(Cc1cccc(C#N)c1)C2. The first-order valence-electron chi connectivity index (χ1n) is 8.47. The van der Waals surface area contributed by atoms with Gasteiger partial charge in [-0.3, -0.25) is 9.69 Å². The average molecular weight is 311 g/mol. The molecular formula is C19H25N3O. The molecule has 0 N–H and O–H groups in total. The molecule has 4 nitrogen and oxygen atoms in total. The number of carbonyl (C=O) groups excluding carboxylic acids is 1. The van der Waals surface area contributed by atoms with Crippen molar-refractivity contribution in [3.05, 3.63) is 35.4 Å². The number of amides is 1. The fourth-order valence-electron chi connectivity index (χ4n) is 4.44. The van der Waals surface area contributed by atoms with Crippen LogP contribution in [0.1, 0.15) is 36.8 Å². The predicted octanol–water partition coefficient (Wildman–Crippen LogP) is 2.64. The van der Waals surface area contributed by atoms with Crippen LogP contribution in [0, 0.1) is 22.7 Å². The zero-order valence-corrected chi connectivity index (χ0v) is 14.1. The minimum absolute atomic E-state index is 0.175. The van der Waals surface area contributed by atoms with Crippen LogP contribution in [-0.4, -0.2) is 42.9 Å². The van der Waals surface area contributed by atoms with Crippen molar-refractivity contribution < 1.29 is 4.79 Å². The van der Waals surface area contributed by atoms with Crippen LogP contribution in [0.3, 0.4) is 0 Å². The normalized spacial score (nSPS) is 27.3. The van der Waals surface area contributed by atoms with Gasteiger partial charge in [0.1, 0.15) is 0 Å². The second-order valence-corrected chi connectivity index (χ2v) is 7.31. The number of hydrogen-bond donors (Lipinski definition) is 0. The fourth-order valence-corrected chi connectivity index (χ4v) is 4.44. The minimum Gasteiger partial charge on any atom is -0.349 e. The van der Waals surface area contributed by atoms with Crippen LogP contribution < -0.4 is 0 Å². The Morgan fingerprint density at radius 2 is 2.26 bits per heavy atom. The van der Waals surface area contributed by atoms with Gasteiger partial charge in [0.15, 0.2) is 0 Å². The van der Waals surface area contributed by atoms with E-state index >= 15 is 0 Å². The molecule has 1 spiro atoms. The molecule has 1 amide bonds. The van der Waals surface area contributed by atoms with Gasteiger partial charge < -0.3 is 4.90 Å². The molecule has 1 aliphatic heterocycles. The molecule has 3 rings (SSSR count). The van der Waals surface area contributed by atoms with Crippen molar-refractivity contribution in [3.8, 4) is 6.07 Å². The first kappa shape index (κ1) is 16.0. The Hall–Kier alpha value is -1.86. The third-order valence-electron chi connectivity index (χ3n) is 5.57. The van der Waals surface area contributed by atoms with Crippen molar-refractivity contribution in [1.29, 1.82) is 5.26 Å². The summed E-state index contributed by atoms with van der Waals surface area (Å²) in [6.45, 7) is 2.93. The molecule has 1 heterocycles. The fraction of sp³-hybridized carbons (Fsp3) is 0.579. The van der Waals surface area contributed by atoms with Crippen molar-refractivity contribution in [2.75, 3.05) is 27.2 Å². The maximum Gasteiger partial charge on any atom is 0.225 e. The lowest BCUT2D eigenvalue weighted by Crippen LogP contribution is -2.40. The molecule has 1 saturated heterocycles. The molecule has 0 unspecified atom stereocenters. The van der Waals surface area contributed by atoms with Gasteiger partial charge in [-0.2, -0.15) is 5.26 Å². The highest BCUT2D eigenvalue weighted by molar-refractivity contribution is 5.79. The standard InChI is InChI=1S/C19H25N3O/c1-21(2)18(23)17-7-4-8-19(17)9-10-22(14-19)13-16-6-3-5-15(11-16)12-20/h3,5-6,11,17H,4,7-10,13-14H2,1-2H3/t17-,19+/m0/s1. The Kier molecular flexibility index (Phi) is 4.41. The summed E-state index contributed by atoms with van der Waals surface area (Å²) in [5.74, 6) is 0.490. The van der Waals surface area contributed by atoms with Gasteiger partial charge in [0.05, 0.1) is 11.6 Å². The molecule has 1 aromatic rings. The highest BCUT2D eigenvalue weighted by Crippen LogP contribution is 2.50. The van der Waals surface area contributed by atoms with Gasteiger partial charge in [-0.25, -0.2) is 0 Å². The molecule has 2 fully saturated rings. The van der Waals surface area contributed by atoms with Crippen molar-refractivity contribution in [3.63, 3.8) is 0 Å². The van der Waals surface area contributed by atoms with Crippen molar-refractivity contribution >= 4 is 5.91 Å². The molecule has 1 saturated carbocycles. The van der Waals surface area contributed by atoms with E-state index < -0.39 is 0 Å². The number of hydrogen-bond acceptors (Lipinski definition) is 3. The lowest BCUT2D eigenvalue weighted by atomic mass is 9.76. The number of nitriles is 1. The van der Waals surface area contributed by atoms with Gasteiger partial charge in [-0.1, -0.05) is 18.6 Å². The summed E-state index contributed by atoms with van der Waals surface area (Å²) >= 11 is 0. The van der Waals surface area contributed by atoms with Crippen molar-refractivity contribution in [2.24, 2.45) is 11.3 Å². The van der Waals surface area contributed by atoms with E-state index in [2.05, 4.69) is 17.0 Å². The van der Waals surface area contributed by atoms with E-state index in [1.807, 2.05) is 32.3 Å². The topological polar surface area (TPSA) is 47.3 Å². The summed E-state index contributed by atoms with van der Waals surface area (Å²) in [6, 6.07) is 10.1. The second-order valence-electron chi connectivity index (χ2n) is 7.31. The monoisotopic (exact) mass is 311 g/mol. The average Bonchev–Trinajstić information content (AvgIpc) is 3.14. The van der Waals surface area contributed by atoms with Gasteiger partial charge in [-0.05, 0) is 48.9 Å². The third-order valence-corrected chi connectivity index (χ3v) is 5.57. The summed E-state index contributed by atoms with van der Waals surface area (Å²) in [5, 5.41) is 9.03. The van der Waals surface area contributed by atoms with E-state index in [-0.39, 0.29) is 11.3 Å². The summed E-state index contributed by atoms with van der Waals surface area (Å²) < 4.78 is 0. The number of likely N-dealkylation sites (tertiary alicyclic amines) is 1. The van der Waals surface area contributed by atoms with Crippen LogP contribution in [0.4, 0.5) is 0 Å². The van der Waals surface area contributed by atoms with Crippen molar-refractivity contribution in [2.45, 2.75) is 32.2 Å². The highest BCUT2D eigenvalue weighted by Gasteiger charge is 2.50. The molecule has 23 heavy (non-hydrogen) atoms. The van der Waals surface area contributed by atoms with Crippen LogP contribution in [0.5, 0.6) is 0 Å². The van der Waals surface area contributed by atoms with Crippen molar-refractivity contribution in [1.82, 2.24) is 9.80 Å². The molecular weight excluding hydrogens is 286 g/mol. The molecule has 1 aromatic carbocycles. The Morgan fingerprint density at radius 3 is 3.00 bits per heavy atom. The Bertz CT molecular complexity index is 634. The smallest absolute Gasteiger partial charge is 0.225 e. The summed E-state index contributed by atoms with van der Waals surface area (Å²) in [4.78, 5) is 16.7. The van der Waals surface area contributed by atoms with Gasteiger partial charge in [0.25, 0.3) is 0 Å². The minimum atomic E-state index is 0.175. The first-order valence-corrected chi connectivity index (χ1v) is 8.47. The highest BCUT2D eigenvalue weighted by atomic mass is 16.2. The lowest BCUT2D eigenvalue weighted by Gasteiger charge is -2.32. The molecule has 4 heteroatoms. The molecule has 1 aliphatic carbocycles. The van der Waals surface area contributed by atoms with E-state index in [0.29, 0.717) is 5.91 Å². The maximum absolute atomic E-state index is 12.5. The van der Waals surface area contributed by atoms with E-state index in [4.69, 9.17) is 5.26 Å². The molecule has 2 aliphatic rings.